The van der Waals surface area contributed by atoms with Crippen LogP contribution in [0.25, 0.3) is 0 Å². The predicted octanol–water partition coefficient (Wildman–Crippen LogP) is 0.231. The number of hydrogen-bond acceptors (Lipinski definition) is 4. The first-order valence-corrected chi connectivity index (χ1v) is 7.04. The number of likely N-dealkylation sites (N-methyl/N-ethyl adjacent to an activating group) is 1. The van der Waals surface area contributed by atoms with E-state index in [1.807, 2.05) is 0 Å². The Morgan fingerprint density at radius 3 is 2.56 bits per heavy atom. The van der Waals surface area contributed by atoms with Crippen molar-refractivity contribution in [1.29, 1.82) is 0 Å². The number of carboxylic acids is 1. The van der Waals surface area contributed by atoms with Gasteiger partial charge in [0.2, 0.25) is 11.8 Å². The lowest BCUT2D eigenvalue weighted by Gasteiger charge is -2.27. The molecule has 1 saturated heterocycles. The highest BCUT2D eigenvalue weighted by Crippen LogP contribution is 2.23. The van der Waals surface area contributed by atoms with Crippen LogP contribution in [0.5, 0.6) is 0 Å². The van der Waals surface area contributed by atoms with Gasteiger partial charge in [-0.2, -0.15) is 0 Å². The summed E-state index contributed by atoms with van der Waals surface area (Å²) in [6.45, 7) is 3.50. The van der Waals surface area contributed by atoms with Crippen LogP contribution < -0.4 is 0 Å². The molecule has 1 rings (SSSR count). The lowest BCUT2D eigenvalue weighted by Crippen LogP contribution is -2.50. The van der Waals surface area contributed by atoms with Crippen molar-refractivity contribution in [1.82, 2.24) is 9.80 Å². The second-order valence-corrected chi connectivity index (χ2v) is 4.98. The molecule has 18 heavy (non-hydrogen) atoms. The van der Waals surface area contributed by atoms with E-state index in [-0.39, 0.29) is 18.4 Å². The Labute approximate surface area is 110 Å². The minimum absolute atomic E-state index is 0.0651. The fourth-order valence-electron chi connectivity index (χ4n) is 1.82. The maximum atomic E-state index is 12.2. The van der Waals surface area contributed by atoms with E-state index in [0.717, 1.165) is 0 Å². The topological polar surface area (TPSA) is 77.9 Å². The van der Waals surface area contributed by atoms with Gasteiger partial charge in [0.25, 0.3) is 0 Å². The molecular weight excluding hydrogens is 256 g/mol. The third-order valence-corrected chi connectivity index (χ3v) is 3.82. The number of thioether (sulfide) groups is 1. The van der Waals surface area contributed by atoms with Crippen LogP contribution >= 0.6 is 11.8 Å². The molecule has 1 unspecified atom stereocenters. The van der Waals surface area contributed by atoms with E-state index < -0.39 is 12.0 Å². The van der Waals surface area contributed by atoms with Crippen LogP contribution in [0.1, 0.15) is 20.3 Å². The van der Waals surface area contributed by atoms with Gasteiger partial charge < -0.3 is 14.9 Å². The number of carbonyl (C=O) groups is 3. The summed E-state index contributed by atoms with van der Waals surface area (Å²) >= 11 is 1.52. The Morgan fingerprint density at radius 2 is 2.06 bits per heavy atom. The zero-order valence-electron chi connectivity index (χ0n) is 10.6. The average molecular weight is 274 g/mol. The molecule has 2 amide bonds. The van der Waals surface area contributed by atoms with E-state index in [0.29, 0.717) is 24.6 Å². The Kier molecular flexibility index (Phi) is 5.46. The SMILES string of the molecule is CCC(=O)N1CSCC1C(=O)N(CC)CC(=O)O. The minimum Gasteiger partial charge on any atom is -0.480 e. The lowest BCUT2D eigenvalue weighted by atomic mass is 10.2. The smallest absolute Gasteiger partial charge is 0.323 e. The summed E-state index contributed by atoms with van der Waals surface area (Å²) in [5.74, 6) is -0.324. The van der Waals surface area contributed by atoms with Crippen molar-refractivity contribution < 1.29 is 19.5 Å². The Morgan fingerprint density at radius 1 is 1.39 bits per heavy atom. The monoisotopic (exact) mass is 274 g/mol. The van der Waals surface area contributed by atoms with Gasteiger partial charge in [0.15, 0.2) is 0 Å². The molecule has 102 valence electrons. The second kappa shape index (κ2) is 6.63. The molecule has 7 heteroatoms. The number of aliphatic carboxylic acids is 1. The number of carbonyl (C=O) groups excluding carboxylic acids is 2. The molecule has 0 aromatic heterocycles. The van der Waals surface area contributed by atoms with Crippen molar-refractivity contribution in [3.05, 3.63) is 0 Å². The molecule has 0 saturated carbocycles. The Bertz CT molecular complexity index is 348. The van der Waals surface area contributed by atoms with Gasteiger partial charge in [-0.1, -0.05) is 6.92 Å². The standard InChI is InChI=1S/C11H18N2O4S/c1-3-9(14)13-7-18-6-8(13)11(17)12(4-2)5-10(15)16/h8H,3-7H2,1-2H3,(H,15,16). The van der Waals surface area contributed by atoms with Crippen molar-refractivity contribution in [3.8, 4) is 0 Å². The summed E-state index contributed by atoms with van der Waals surface area (Å²) in [5, 5.41) is 8.75. The van der Waals surface area contributed by atoms with Gasteiger partial charge in [-0.25, -0.2) is 0 Å². The number of rotatable bonds is 5. The first-order valence-electron chi connectivity index (χ1n) is 5.89. The largest absolute Gasteiger partial charge is 0.480 e. The quantitative estimate of drug-likeness (QED) is 0.776. The van der Waals surface area contributed by atoms with Crippen LogP contribution in [0.3, 0.4) is 0 Å². The molecule has 0 spiro atoms. The van der Waals surface area contributed by atoms with Crippen molar-refractivity contribution in [2.24, 2.45) is 0 Å². The fourth-order valence-corrected chi connectivity index (χ4v) is 2.99. The summed E-state index contributed by atoms with van der Waals surface area (Å²) < 4.78 is 0. The molecule has 0 aromatic rings. The van der Waals surface area contributed by atoms with E-state index in [1.165, 1.54) is 21.6 Å². The molecule has 0 aliphatic carbocycles. The zero-order valence-corrected chi connectivity index (χ0v) is 11.4. The molecular formula is C11H18N2O4S. The van der Waals surface area contributed by atoms with Crippen LogP contribution in [0.4, 0.5) is 0 Å². The highest BCUT2D eigenvalue weighted by Gasteiger charge is 2.36. The molecule has 1 N–H and O–H groups in total. The normalized spacial score (nSPS) is 18.8. The Balaban J connectivity index is 2.74. The fraction of sp³-hybridized carbons (Fsp3) is 0.727. The van der Waals surface area contributed by atoms with Crippen molar-refractivity contribution >= 4 is 29.5 Å². The van der Waals surface area contributed by atoms with Crippen LogP contribution in [0, 0.1) is 0 Å². The average Bonchev–Trinajstić information content (AvgIpc) is 2.82. The van der Waals surface area contributed by atoms with Gasteiger partial charge in [-0.3, -0.25) is 14.4 Å². The summed E-state index contributed by atoms with van der Waals surface area (Å²) in [5.41, 5.74) is 0. The van der Waals surface area contributed by atoms with E-state index in [1.54, 1.807) is 13.8 Å². The maximum absolute atomic E-state index is 12.2. The second-order valence-electron chi connectivity index (χ2n) is 3.98. The number of hydrogen-bond donors (Lipinski definition) is 1. The first kappa shape index (κ1) is 14.8. The summed E-state index contributed by atoms with van der Waals surface area (Å²) in [7, 11) is 0. The molecule has 1 atom stereocenters. The highest BCUT2D eigenvalue weighted by atomic mass is 32.2. The van der Waals surface area contributed by atoms with Crippen LogP contribution in [-0.4, -0.2) is 63.5 Å². The van der Waals surface area contributed by atoms with Gasteiger partial charge in [0.05, 0.1) is 5.88 Å². The van der Waals surface area contributed by atoms with Crippen molar-refractivity contribution in [3.63, 3.8) is 0 Å². The molecule has 1 heterocycles. The van der Waals surface area contributed by atoms with Crippen LogP contribution in [0.2, 0.25) is 0 Å². The Hall–Kier alpha value is -1.24. The van der Waals surface area contributed by atoms with Crippen LogP contribution in [0.15, 0.2) is 0 Å². The zero-order chi connectivity index (χ0) is 13.7. The highest BCUT2D eigenvalue weighted by molar-refractivity contribution is 7.99. The van der Waals surface area contributed by atoms with E-state index in [4.69, 9.17) is 5.11 Å². The van der Waals surface area contributed by atoms with E-state index in [2.05, 4.69) is 0 Å². The first-order chi connectivity index (χ1) is 8.51. The summed E-state index contributed by atoms with van der Waals surface area (Å²) in [6, 6.07) is -0.512. The van der Waals surface area contributed by atoms with Gasteiger partial charge >= 0.3 is 5.97 Å². The third-order valence-electron chi connectivity index (χ3n) is 2.81. The molecule has 1 aliphatic rings. The lowest BCUT2D eigenvalue weighted by molar-refractivity contribution is -0.148. The van der Waals surface area contributed by atoms with Gasteiger partial charge in [0, 0.05) is 18.7 Å². The minimum atomic E-state index is -1.04. The van der Waals surface area contributed by atoms with E-state index >= 15 is 0 Å². The predicted molar refractivity (Wildman–Crippen MR) is 68.1 cm³/mol. The third kappa shape index (κ3) is 3.38. The molecule has 0 aromatic carbocycles. The van der Waals surface area contributed by atoms with Crippen LogP contribution in [-0.2, 0) is 14.4 Å². The molecule has 6 nitrogen and oxygen atoms in total. The molecule has 0 radical (unpaired) electrons. The summed E-state index contributed by atoms with van der Waals surface area (Å²) in [4.78, 5) is 37.4. The maximum Gasteiger partial charge on any atom is 0.323 e. The van der Waals surface area contributed by atoms with Crippen molar-refractivity contribution in [2.45, 2.75) is 26.3 Å². The number of carboxylic acid groups (broad SMARTS) is 1. The molecule has 1 aliphatic heterocycles. The van der Waals surface area contributed by atoms with Gasteiger partial charge in [-0.15, -0.1) is 11.8 Å². The van der Waals surface area contributed by atoms with Gasteiger partial charge in [-0.05, 0) is 6.92 Å². The number of amides is 2. The van der Waals surface area contributed by atoms with E-state index in [9.17, 15) is 14.4 Å². The molecule has 0 bridgehead atoms. The van der Waals surface area contributed by atoms with Crippen molar-refractivity contribution in [2.75, 3.05) is 24.7 Å². The number of nitrogens with zero attached hydrogens (tertiary/aromatic N) is 2. The summed E-state index contributed by atoms with van der Waals surface area (Å²) in [6.07, 6.45) is 0.357. The molecule has 1 fully saturated rings. The van der Waals surface area contributed by atoms with Gasteiger partial charge in [0.1, 0.15) is 12.6 Å².